The van der Waals surface area contributed by atoms with Crippen LogP contribution in [0.5, 0.6) is 5.75 Å². The van der Waals surface area contributed by atoms with E-state index in [4.69, 9.17) is 9.15 Å². The van der Waals surface area contributed by atoms with Crippen molar-refractivity contribution < 1.29 is 13.9 Å². The Bertz CT molecular complexity index is 1060. The minimum atomic E-state index is -0.309. The number of carbonyl (C=O) groups is 1. The number of nitrogens with one attached hydrogen (secondary N) is 2. The van der Waals surface area contributed by atoms with E-state index in [1.54, 1.807) is 17.7 Å². The summed E-state index contributed by atoms with van der Waals surface area (Å²) in [6, 6.07) is 11.2. The van der Waals surface area contributed by atoms with Gasteiger partial charge in [0, 0.05) is 16.4 Å². The number of thiazole rings is 2. The number of hydrogen-bond acceptors (Lipinski definition) is 8. The molecular formula is C19H16N4O3S2. The van der Waals surface area contributed by atoms with E-state index in [0.29, 0.717) is 34.0 Å². The largest absolute Gasteiger partial charge is 0.494 e. The molecule has 0 atom stereocenters. The van der Waals surface area contributed by atoms with Gasteiger partial charge in [-0.2, -0.15) is 0 Å². The van der Waals surface area contributed by atoms with E-state index in [1.807, 2.05) is 42.6 Å². The highest BCUT2D eigenvalue weighted by molar-refractivity contribution is 7.14. The maximum Gasteiger partial charge on any atom is 0.276 e. The number of benzene rings is 1. The van der Waals surface area contributed by atoms with Gasteiger partial charge < -0.3 is 14.5 Å². The van der Waals surface area contributed by atoms with Gasteiger partial charge in [0.25, 0.3) is 5.91 Å². The van der Waals surface area contributed by atoms with Gasteiger partial charge in [-0.25, -0.2) is 9.97 Å². The Balaban J connectivity index is 1.39. The molecule has 28 heavy (non-hydrogen) atoms. The molecule has 4 rings (SSSR count). The van der Waals surface area contributed by atoms with Gasteiger partial charge in [-0.1, -0.05) is 0 Å². The summed E-state index contributed by atoms with van der Waals surface area (Å²) in [5.41, 5.74) is 1.88. The zero-order valence-electron chi connectivity index (χ0n) is 14.8. The molecule has 1 aromatic carbocycles. The zero-order valence-corrected chi connectivity index (χ0v) is 16.5. The Hall–Kier alpha value is -3.17. The fourth-order valence-corrected chi connectivity index (χ4v) is 3.80. The third-order valence-corrected chi connectivity index (χ3v) is 5.17. The van der Waals surface area contributed by atoms with Crippen LogP contribution in [0, 0.1) is 0 Å². The highest BCUT2D eigenvalue weighted by atomic mass is 32.1. The molecule has 0 saturated carbocycles. The van der Waals surface area contributed by atoms with Gasteiger partial charge in [-0.05, 0) is 43.3 Å². The van der Waals surface area contributed by atoms with Crippen LogP contribution in [0.1, 0.15) is 17.4 Å². The van der Waals surface area contributed by atoms with Crippen molar-refractivity contribution in [2.75, 3.05) is 17.2 Å². The predicted octanol–water partition coefficient (Wildman–Crippen LogP) is 5.25. The standard InChI is InChI=1S/C19H16N4O3S2/c1-2-25-13-7-5-12(6-8-13)20-18-22-15(11-28-18)17(24)23-19-21-14(10-27-19)16-4-3-9-26-16/h3-11H,2H2,1H3,(H,20,22)(H,21,23,24). The summed E-state index contributed by atoms with van der Waals surface area (Å²) in [7, 11) is 0. The average Bonchev–Trinajstić information content (AvgIpc) is 3.45. The molecule has 0 aliphatic rings. The van der Waals surface area contributed by atoms with Gasteiger partial charge in [-0.15, -0.1) is 22.7 Å². The van der Waals surface area contributed by atoms with Gasteiger partial charge in [0.05, 0.1) is 12.9 Å². The summed E-state index contributed by atoms with van der Waals surface area (Å²) in [6.07, 6.45) is 1.58. The second-order valence-corrected chi connectivity index (χ2v) is 7.31. The minimum Gasteiger partial charge on any atom is -0.494 e. The molecule has 9 heteroatoms. The second-order valence-electron chi connectivity index (χ2n) is 5.59. The lowest BCUT2D eigenvalue weighted by Gasteiger charge is -2.05. The van der Waals surface area contributed by atoms with E-state index in [0.717, 1.165) is 11.4 Å². The summed E-state index contributed by atoms with van der Waals surface area (Å²) in [6.45, 7) is 2.57. The van der Waals surface area contributed by atoms with Gasteiger partial charge >= 0.3 is 0 Å². The summed E-state index contributed by atoms with van der Waals surface area (Å²) in [5, 5.41) is 10.6. The van der Waals surface area contributed by atoms with E-state index in [2.05, 4.69) is 20.6 Å². The van der Waals surface area contributed by atoms with Crippen molar-refractivity contribution in [2.24, 2.45) is 0 Å². The van der Waals surface area contributed by atoms with E-state index in [1.165, 1.54) is 22.7 Å². The first-order chi connectivity index (χ1) is 13.7. The van der Waals surface area contributed by atoms with E-state index in [-0.39, 0.29) is 5.91 Å². The summed E-state index contributed by atoms with van der Waals surface area (Å²) >= 11 is 2.69. The number of anilines is 3. The Morgan fingerprint density at radius 3 is 2.68 bits per heavy atom. The Kier molecular flexibility index (Phi) is 5.36. The SMILES string of the molecule is CCOc1ccc(Nc2nc(C(=O)Nc3nc(-c4ccco4)cs3)cs2)cc1. The Morgan fingerprint density at radius 2 is 1.93 bits per heavy atom. The van der Waals surface area contributed by atoms with Crippen LogP contribution in [-0.2, 0) is 0 Å². The zero-order chi connectivity index (χ0) is 19.3. The number of nitrogens with zero attached hydrogens (tertiary/aromatic N) is 2. The van der Waals surface area contributed by atoms with Gasteiger partial charge in [-0.3, -0.25) is 10.1 Å². The lowest BCUT2D eigenvalue weighted by Crippen LogP contribution is -2.12. The van der Waals surface area contributed by atoms with E-state index in [9.17, 15) is 4.79 Å². The number of rotatable bonds is 7. The second kappa shape index (κ2) is 8.24. The molecule has 4 aromatic rings. The van der Waals surface area contributed by atoms with Crippen molar-refractivity contribution in [1.82, 2.24) is 9.97 Å². The third-order valence-electron chi connectivity index (χ3n) is 3.65. The first kappa shape index (κ1) is 18.2. The Labute approximate surface area is 169 Å². The number of amides is 1. The van der Waals surface area contributed by atoms with Gasteiger partial charge in [0.1, 0.15) is 17.1 Å². The fourth-order valence-electron chi connectivity index (χ4n) is 2.39. The van der Waals surface area contributed by atoms with Crippen LogP contribution < -0.4 is 15.4 Å². The van der Waals surface area contributed by atoms with Crippen molar-refractivity contribution in [1.29, 1.82) is 0 Å². The molecule has 0 saturated heterocycles. The minimum absolute atomic E-state index is 0.309. The predicted molar refractivity (Wildman–Crippen MR) is 111 cm³/mol. The van der Waals surface area contributed by atoms with E-state index >= 15 is 0 Å². The van der Waals surface area contributed by atoms with Crippen LogP contribution >= 0.6 is 22.7 Å². The topological polar surface area (TPSA) is 89.3 Å². The summed E-state index contributed by atoms with van der Waals surface area (Å²) in [5.74, 6) is 1.16. The normalized spacial score (nSPS) is 10.6. The van der Waals surface area contributed by atoms with Crippen LogP contribution in [0.2, 0.25) is 0 Å². The van der Waals surface area contributed by atoms with Crippen molar-refractivity contribution >= 4 is 44.5 Å². The lowest BCUT2D eigenvalue weighted by atomic mass is 10.3. The van der Waals surface area contributed by atoms with Crippen molar-refractivity contribution in [3.8, 4) is 17.2 Å². The van der Waals surface area contributed by atoms with Crippen molar-refractivity contribution in [3.63, 3.8) is 0 Å². The van der Waals surface area contributed by atoms with Crippen LogP contribution in [0.25, 0.3) is 11.5 Å². The monoisotopic (exact) mass is 412 g/mol. The van der Waals surface area contributed by atoms with Gasteiger partial charge in [0.2, 0.25) is 0 Å². The molecule has 2 N–H and O–H groups in total. The van der Waals surface area contributed by atoms with Crippen LogP contribution in [0.3, 0.4) is 0 Å². The molecule has 0 spiro atoms. The molecule has 0 unspecified atom stereocenters. The molecule has 0 bridgehead atoms. The molecule has 0 aliphatic heterocycles. The molecule has 0 aliphatic carbocycles. The number of hydrogen-bond donors (Lipinski definition) is 2. The molecule has 7 nitrogen and oxygen atoms in total. The molecule has 3 aromatic heterocycles. The highest BCUT2D eigenvalue weighted by Crippen LogP contribution is 2.26. The van der Waals surface area contributed by atoms with Crippen LogP contribution in [-0.4, -0.2) is 22.5 Å². The molecule has 3 heterocycles. The number of carbonyl (C=O) groups excluding carboxylic acids is 1. The smallest absolute Gasteiger partial charge is 0.276 e. The van der Waals surface area contributed by atoms with Crippen LogP contribution in [0.15, 0.2) is 57.8 Å². The first-order valence-electron chi connectivity index (χ1n) is 8.47. The number of aromatic nitrogens is 2. The van der Waals surface area contributed by atoms with Crippen LogP contribution in [0.4, 0.5) is 16.0 Å². The van der Waals surface area contributed by atoms with E-state index < -0.39 is 0 Å². The molecular weight excluding hydrogens is 396 g/mol. The molecule has 0 fully saturated rings. The van der Waals surface area contributed by atoms with Gasteiger partial charge in [0.15, 0.2) is 16.0 Å². The summed E-state index contributed by atoms with van der Waals surface area (Å²) < 4.78 is 10.7. The number of ether oxygens (including phenoxy) is 1. The Morgan fingerprint density at radius 1 is 1.11 bits per heavy atom. The first-order valence-corrected chi connectivity index (χ1v) is 10.2. The van der Waals surface area contributed by atoms with Crippen molar-refractivity contribution in [2.45, 2.75) is 6.92 Å². The van der Waals surface area contributed by atoms with Crippen molar-refractivity contribution in [3.05, 3.63) is 59.1 Å². The fraction of sp³-hybridized carbons (Fsp3) is 0.105. The lowest BCUT2D eigenvalue weighted by molar-refractivity contribution is 0.102. The average molecular weight is 412 g/mol. The quantitative estimate of drug-likeness (QED) is 0.431. The molecule has 0 radical (unpaired) electrons. The number of furan rings is 1. The maximum atomic E-state index is 12.4. The highest BCUT2D eigenvalue weighted by Gasteiger charge is 2.14. The summed E-state index contributed by atoms with van der Waals surface area (Å²) in [4.78, 5) is 21.1. The maximum absolute atomic E-state index is 12.4. The molecule has 1 amide bonds. The molecule has 142 valence electrons. The third kappa shape index (κ3) is 4.21.